The van der Waals surface area contributed by atoms with Gasteiger partial charge in [0, 0.05) is 37.7 Å². The van der Waals surface area contributed by atoms with Gasteiger partial charge < -0.3 is 15.4 Å². The molecule has 22 heavy (non-hydrogen) atoms. The summed E-state index contributed by atoms with van der Waals surface area (Å²) >= 11 is 0. The predicted molar refractivity (Wildman–Crippen MR) is 91.0 cm³/mol. The van der Waals surface area contributed by atoms with Crippen molar-refractivity contribution in [2.75, 3.05) is 30.9 Å². The van der Waals surface area contributed by atoms with Crippen LogP contribution in [0.2, 0.25) is 0 Å². The minimum atomic E-state index is 0.642. The second-order valence-electron chi connectivity index (χ2n) is 5.43. The molecule has 0 aliphatic carbocycles. The van der Waals surface area contributed by atoms with Gasteiger partial charge in [-0.1, -0.05) is 17.7 Å². The Morgan fingerprint density at radius 1 is 1.09 bits per heavy atom. The van der Waals surface area contributed by atoms with Crippen LogP contribution < -0.4 is 10.6 Å². The number of ether oxygens (including phenoxy) is 1. The van der Waals surface area contributed by atoms with Gasteiger partial charge in [-0.15, -0.1) is 0 Å². The summed E-state index contributed by atoms with van der Waals surface area (Å²) < 4.78 is 5.04. The highest BCUT2D eigenvalue weighted by molar-refractivity contribution is 5.61. The SMILES string of the molecule is COCCCNc1nc(C)cc(Nc2ccc(C)cc2C)n1. The average Bonchev–Trinajstić information content (AvgIpc) is 2.46. The Balaban J connectivity index is 2.08. The monoisotopic (exact) mass is 300 g/mol. The molecular formula is C17H24N4O. The molecule has 0 aliphatic rings. The third kappa shape index (κ3) is 4.70. The lowest BCUT2D eigenvalue weighted by molar-refractivity contribution is 0.197. The van der Waals surface area contributed by atoms with E-state index < -0.39 is 0 Å². The van der Waals surface area contributed by atoms with Gasteiger partial charge in [-0.2, -0.15) is 4.98 Å². The maximum absolute atomic E-state index is 5.04. The zero-order valence-corrected chi connectivity index (χ0v) is 13.7. The van der Waals surface area contributed by atoms with Crippen LogP contribution in [0.4, 0.5) is 17.5 Å². The summed E-state index contributed by atoms with van der Waals surface area (Å²) in [5.74, 6) is 1.44. The van der Waals surface area contributed by atoms with Crippen LogP contribution in [-0.2, 0) is 4.74 Å². The number of methoxy groups -OCH3 is 1. The fourth-order valence-corrected chi connectivity index (χ4v) is 2.22. The Hall–Kier alpha value is -2.14. The zero-order valence-electron chi connectivity index (χ0n) is 13.7. The first-order chi connectivity index (χ1) is 10.6. The number of nitrogens with one attached hydrogen (secondary N) is 2. The molecule has 118 valence electrons. The summed E-state index contributed by atoms with van der Waals surface area (Å²) in [5.41, 5.74) is 4.44. The normalized spacial score (nSPS) is 10.5. The lowest BCUT2D eigenvalue weighted by Gasteiger charge is -2.12. The van der Waals surface area contributed by atoms with Crippen LogP contribution >= 0.6 is 0 Å². The van der Waals surface area contributed by atoms with Crippen LogP contribution in [0.5, 0.6) is 0 Å². The average molecular weight is 300 g/mol. The zero-order chi connectivity index (χ0) is 15.9. The lowest BCUT2D eigenvalue weighted by atomic mass is 10.1. The maximum atomic E-state index is 5.04. The van der Waals surface area contributed by atoms with Crippen molar-refractivity contribution in [2.24, 2.45) is 0 Å². The highest BCUT2D eigenvalue weighted by Crippen LogP contribution is 2.21. The number of hydrogen-bond donors (Lipinski definition) is 2. The van der Waals surface area contributed by atoms with E-state index in [0.29, 0.717) is 5.95 Å². The van der Waals surface area contributed by atoms with E-state index in [2.05, 4.69) is 52.6 Å². The molecule has 0 bridgehead atoms. The molecule has 1 aromatic heterocycles. The van der Waals surface area contributed by atoms with Crippen molar-refractivity contribution in [3.8, 4) is 0 Å². The van der Waals surface area contributed by atoms with E-state index in [-0.39, 0.29) is 0 Å². The van der Waals surface area contributed by atoms with Crippen molar-refractivity contribution in [1.82, 2.24) is 9.97 Å². The van der Waals surface area contributed by atoms with Crippen LogP contribution in [0.15, 0.2) is 24.3 Å². The van der Waals surface area contributed by atoms with Crippen molar-refractivity contribution >= 4 is 17.5 Å². The number of aromatic nitrogens is 2. The van der Waals surface area contributed by atoms with Crippen molar-refractivity contribution in [1.29, 1.82) is 0 Å². The molecule has 0 saturated heterocycles. The molecule has 0 radical (unpaired) electrons. The first-order valence-corrected chi connectivity index (χ1v) is 7.51. The van der Waals surface area contributed by atoms with Crippen molar-refractivity contribution < 1.29 is 4.74 Å². The van der Waals surface area contributed by atoms with Crippen LogP contribution in [0, 0.1) is 20.8 Å². The molecule has 2 N–H and O–H groups in total. The van der Waals surface area contributed by atoms with Gasteiger partial charge in [0.05, 0.1) is 0 Å². The minimum Gasteiger partial charge on any atom is -0.385 e. The third-order valence-corrected chi connectivity index (χ3v) is 3.31. The second-order valence-corrected chi connectivity index (χ2v) is 5.43. The van der Waals surface area contributed by atoms with Gasteiger partial charge in [0.25, 0.3) is 0 Å². The lowest BCUT2D eigenvalue weighted by Crippen LogP contribution is -2.09. The van der Waals surface area contributed by atoms with Gasteiger partial charge >= 0.3 is 0 Å². The molecule has 0 aliphatic heterocycles. The third-order valence-electron chi connectivity index (χ3n) is 3.31. The maximum Gasteiger partial charge on any atom is 0.224 e. The Kier molecular flexibility index (Phi) is 5.72. The van der Waals surface area contributed by atoms with Gasteiger partial charge in [0.2, 0.25) is 5.95 Å². The Labute approximate surface area is 132 Å². The van der Waals surface area contributed by atoms with Crippen LogP contribution in [0.3, 0.4) is 0 Å². The summed E-state index contributed by atoms with van der Waals surface area (Å²) in [6, 6.07) is 8.26. The molecule has 0 saturated carbocycles. The fraction of sp³-hybridized carbons (Fsp3) is 0.412. The predicted octanol–water partition coefficient (Wildman–Crippen LogP) is 3.59. The first kappa shape index (κ1) is 16.2. The van der Waals surface area contributed by atoms with Gasteiger partial charge in [-0.3, -0.25) is 0 Å². The van der Waals surface area contributed by atoms with E-state index >= 15 is 0 Å². The fourth-order valence-electron chi connectivity index (χ4n) is 2.22. The molecule has 5 nitrogen and oxygen atoms in total. The number of anilines is 3. The molecule has 2 rings (SSSR count). The molecule has 0 spiro atoms. The van der Waals surface area contributed by atoms with E-state index in [0.717, 1.165) is 36.8 Å². The Morgan fingerprint density at radius 3 is 2.64 bits per heavy atom. The summed E-state index contributed by atoms with van der Waals surface area (Å²) in [4.78, 5) is 8.92. The molecule has 1 heterocycles. The van der Waals surface area contributed by atoms with Gasteiger partial charge in [0.1, 0.15) is 5.82 Å². The van der Waals surface area contributed by atoms with E-state index in [4.69, 9.17) is 4.74 Å². The summed E-state index contributed by atoms with van der Waals surface area (Å²) in [5, 5.41) is 6.59. The standard InChI is InChI=1S/C17H24N4O/c1-12-6-7-15(13(2)10-12)20-16-11-14(3)19-17(21-16)18-8-5-9-22-4/h6-7,10-11H,5,8-9H2,1-4H3,(H2,18,19,20,21). The van der Waals surface area contributed by atoms with E-state index in [9.17, 15) is 0 Å². The highest BCUT2D eigenvalue weighted by atomic mass is 16.5. The molecule has 0 amide bonds. The molecule has 2 aromatic rings. The molecule has 0 unspecified atom stereocenters. The summed E-state index contributed by atoms with van der Waals surface area (Å²) in [7, 11) is 1.70. The molecule has 0 fully saturated rings. The van der Waals surface area contributed by atoms with Crippen LogP contribution in [-0.4, -0.2) is 30.2 Å². The number of benzene rings is 1. The van der Waals surface area contributed by atoms with Gasteiger partial charge in [0.15, 0.2) is 0 Å². The summed E-state index contributed by atoms with van der Waals surface area (Å²) in [6.45, 7) is 7.67. The Bertz CT molecular complexity index is 628. The van der Waals surface area contributed by atoms with Crippen LogP contribution in [0.1, 0.15) is 23.2 Å². The second kappa shape index (κ2) is 7.75. The molecule has 1 aromatic carbocycles. The molecule has 0 atom stereocenters. The van der Waals surface area contributed by atoms with E-state index in [1.54, 1.807) is 7.11 Å². The minimum absolute atomic E-state index is 0.642. The van der Waals surface area contributed by atoms with E-state index in [1.165, 1.54) is 11.1 Å². The topological polar surface area (TPSA) is 59.1 Å². The summed E-state index contributed by atoms with van der Waals surface area (Å²) in [6.07, 6.45) is 0.924. The largest absolute Gasteiger partial charge is 0.385 e. The molecule has 5 heteroatoms. The van der Waals surface area contributed by atoms with Gasteiger partial charge in [-0.25, -0.2) is 4.98 Å². The quantitative estimate of drug-likeness (QED) is 0.765. The first-order valence-electron chi connectivity index (χ1n) is 7.51. The van der Waals surface area contributed by atoms with Crippen LogP contribution in [0.25, 0.3) is 0 Å². The van der Waals surface area contributed by atoms with Gasteiger partial charge in [-0.05, 0) is 38.8 Å². The Morgan fingerprint density at radius 2 is 1.91 bits per heavy atom. The number of nitrogens with zero attached hydrogens (tertiary/aromatic N) is 2. The molecular weight excluding hydrogens is 276 g/mol. The number of aryl methyl sites for hydroxylation is 3. The van der Waals surface area contributed by atoms with Crippen molar-refractivity contribution in [2.45, 2.75) is 27.2 Å². The smallest absolute Gasteiger partial charge is 0.224 e. The highest BCUT2D eigenvalue weighted by Gasteiger charge is 2.04. The van der Waals surface area contributed by atoms with Crippen molar-refractivity contribution in [3.05, 3.63) is 41.1 Å². The number of hydrogen-bond acceptors (Lipinski definition) is 5. The number of rotatable bonds is 7. The van der Waals surface area contributed by atoms with E-state index in [1.807, 2.05) is 13.0 Å². The van der Waals surface area contributed by atoms with Crippen molar-refractivity contribution in [3.63, 3.8) is 0 Å².